The second-order valence-electron chi connectivity index (χ2n) is 6.40. The fourth-order valence-corrected chi connectivity index (χ4v) is 3.03. The van der Waals surface area contributed by atoms with E-state index in [0.29, 0.717) is 13.2 Å². The molecule has 0 spiro atoms. The van der Waals surface area contributed by atoms with Crippen LogP contribution < -0.4 is 29.6 Å². The number of para-hydroxylation sites is 4. The highest BCUT2D eigenvalue weighted by Gasteiger charge is 2.21. The monoisotopic (exact) mass is 428 g/mol. The Hall–Kier alpha value is -1.86. The van der Waals surface area contributed by atoms with Gasteiger partial charge in [-0.25, -0.2) is 0 Å². The van der Waals surface area contributed by atoms with E-state index in [-0.39, 0.29) is 37.0 Å². The standard InChI is InChI=1S/C20H24N2O4.2ClH/c1-3-7-19-17(5-1)23-13-15(25-19)11-21-9-10-22-12-16-14-24-18-6-2-4-8-20(18)26-16;;/h1-8,15-16,21-22H,9-14H2;2*1H. The smallest absolute Gasteiger partial charge is 0.161 e. The zero-order valence-corrected chi connectivity index (χ0v) is 17.1. The Kier molecular flexibility index (Phi) is 8.99. The topological polar surface area (TPSA) is 61.0 Å². The van der Waals surface area contributed by atoms with Crippen LogP contribution in [0.15, 0.2) is 48.5 Å². The highest BCUT2D eigenvalue weighted by molar-refractivity contribution is 5.85. The van der Waals surface area contributed by atoms with E-state index >= 15 is 0 Å². The van der Waals surface area contributed by atoms with Gasteiger partial charge in [0.25, 0.3) is 0 Å². The largest absolute Gasteiger partial charge is 0.486 e. The van der Waals surface area contributed by atoms with Crippen LogP contribution in [0.3, 0.4) is 0 Å². The molecule has 0 aliphatic carbocycles. The predicted molar refractivity (Wildman–Crippen MR) is 113 cm³/mol. The van der Waals surface area contributed by atoms with Crippen molar-refractivity contribution in [2.45, 2.75) is 12.2 Å². The number of rotatable bonds is 7. The van der Waals surface area contributed by atoms with E-state index in [1.807, 2.05) is 48.5 Å². The van der Waals surface area contributed by atoms with Gasteiger partial charge in [-0.05, 0) is 24.3 Å². The van der Waals surface area contributed by atoms with Gasteiger partial charge in [-0.3, -0.25) is 0 Å². The zero-order chi connectivity index (χ0) is 17.6. The molecule has 2 heterocycles. The van der Waals surface area contributed by atoms with Gasteiger partial charge in [-0.15, -0.1) is 24.8 Å². The van der Waals surface area contributed by atoms with Crippen LogP contribution in [0.5, 0.6) is 23.0 Å². The molecule has 0 radical (unpaired) electrons. The molecule has 2 aliphatic rings. The molecular weight excluding hydrogens is 403 g/mol. The van der Waals surface area contributed by atoms with Crippen molar-refractivity contribution in [3.05, 3.63) is 48.5 Å². The first-order chi connectivity index (χ1) is 12.9. The summed E-state index contributed by atoms with van der Waals surface area (Å²) in [6.45, 7) is 4.37. The van der Waals surface area contributed by atoms with Crippen molar-refractivity contribution in [3.63, 3.8) is 0 Å². The van der Waals surface area contributed by atoms with E-state index in [9.17, 15) is 0 Å². The molecule has 2 unspecified atom stereocenters. The van der Waals surface area contributed by atoms with Gasteiger partial charge in [0.15, 0.2) is 23.0 Å². The Labute approximate surface area is 177 Å². The minimum atomic E-state index is 0. The highest BCUT2D eigenvalue weighted by Crippen LogP contribution is 2.31. The summed E-state index contributed by atoms with van der Waals surface area (Å²) in [6.07, 6.45) is 0.0768. The maximum atomic E-state index is 5.92. The minimum absolute atomic E-state index is 0. The lowest BCUT2D eigenvalue weighted by atomic mass is 10.2. The van der Waals surface area contributed by atoms with Gasteiger partial charge in [0.1, 0.15) is 25.4 Å². The third kappa shape index (κ3) is 5.82. The molecule has 154 valence electrons. The third-order valence-electron chi connectivity index (χ3n) is 4.36. The van der Waals surface area contributed by atoms with E-state index in [0.717, 1.165) is 49.2 Å². The van der Waals surface area contributed by atoms with E-state index in [1.165, 1.54) is 0 Å². The van der Waals surface area contributed by atoms with Crippen LogP contribution >= 0.6 is 24.8 Å². The number of ether oxygens (including phenoxy) is 4. The van der Waals surface area contributed by atoms with Gasteiger partial charge in [0.2, 0.25) is 0 Å². The number of hydrogen-bond acceptors (Lipinski definition) is 6. The summed E-state index contributed by atoms with van der Waals surface area (Å²) >= 11 is 0. The molecular formula is C20H26Cl2N2O4. The molecule has 2 aliphatic heterocycles. The molecule has 6 nitrogen and oxygen atoms in total. The molecule has 0 amide bonds. The number of hydrogen-bond donors (Lipinski definition) is 2. The fraction of sp³-hybridized carbons (Fsp3) is 0.400. The quantitative estimate of drug-likeness (QED) is 0.661. The van der Waals surface area contributed by atoms with Crippen molar-refractivity contribution in [2.24, 2.45) is 0 Å². The Morgan fingerprint density at radius 3 is 1.46 bits per heavy atom. The van der Waals surface area contributed by atoms with Gasteiger partial charge in [0, 0.05) is 26.2 Å². The molecule has 4 rings (SSSR count). The van der Waals surface area contributed by atoms with Crippen LogP contribution in [0.2, 0.25) is 0 Å². The Bertz CT molecular complexity index is 673. The lowest BCUT2D eigenvalue weighted by Gasteiger charge is -2.27. The molecule has 0 aromatic heterocycles. The van der Waals surface area contributed by atoms with Crippen LogP contribution in [-0.4, -0.2) is 51.6 Å². The van der Waals surface area contributed by atoms with Crippen LogP contribution in [0.25, 0.3) is 0 Å². The van der Waals surface area contributed by atoms with Gasteiger partial charge < -0.3 is 29.6 Å². The van der Waals surface area contributed by atoms with E-state index in [1.54, 1.807) is 0 Å². The van der Waals surface area contributed by atoms with E-state index < -0.39 is 0 Å². The first-order valence-electron chi connectivity index (χ1n) is 9.07. The lowest BCUT2D eigenvalue weighted by molar-refractivity contribution is 0.0880. The lowest BCUT2D eigenvalue weighted by Crippen LogP contribution is -2.43. The highest BCUT2D eigenvalue weighted by atomic mass is 35.5. The van der Waals surface area contributed by atoms with Crippen LogP contribution in [-0.2, 0) is 0 Å². The van der Waals surface area contributed by atoms with Gasteiger partial charge in [-0.1, -0.05) is 24.3 Å². The SMILES string of the molecule is Cl.Cl.c1ccc2c(c1)OCC(CNCCNCC1COc3ccccc3O1)O2. The van der Waals surface area contributed by atoms with Crippen molar-refractivity contribution < 1.29 is 18.9 Å². The Morgan fingerprint density at radius 1 is 0.643 bits per heavy atom. The molecule has 2 aromatic carbocycles. The zero-order valence-electron chi connectivity index (χ0n) is 15.5. The molecule has 0 fully saturated rings. The minimum Gasteiger partial charge on any atom is -0.486 e. The fourth-order valence-electron chi connectivity index (χ4n) is 3.03. The molecule has 2 N–H and O–H groups in total. The maximum Gasteiger partial charge on any atom is 0.161 e. The maximum absolute atomic E-state index is 5.92. The van der Waals surface area contributed by atoms with E-state index in [2.05, 4.69) is 10.6 Å². The normalized spacial score (nSPS) is 19.1. The summed E-state index contributed by atoms with van der Waals surface area (Å²) in [5.74, 6) is 3.28. The second-order valence-corrected chi connectivity index (χ2v) is 6.40. The predicted octanol–water partition coefficient (Wildman–Crippen LogP) is 2.69. The first-order valence-corrected chi connectivity index (χ1v) is 9.07. The van der Waals surface area contributed by atoms with Crippen LogP contribution in [0.4, 0.5) is 0 Å². The molecule has 2 atom stereocenters. The molecule has 8 heteroatoms. The van der Waals surface area contributed by atoms with Crippen molar-refractivity contribution in [1.82, 2.24) is 10.6 Å². The Balaban J connectivity index is 0.00000140. The number of halogens is 2. The van der Waals surface area contributed by atoms with E-state index in [4.69, 9.17) is 18.9 Å². The molecule has 0 saturated heterocycles. The average Bonchev–Trinajstić information content (AvgIpc) is 2.70. The van der Waals surface area contributed by atoms with Crippen LogP contribution in [0, 0.1) is 0 Å². The van der Waals surface area contributed by atoms with Crippen molar-refractivity contribution >= 4 is 24.8 Å². The summed E-state index contributed by atoms with van der Waals surface area (Å²) in [7, 11) is 0. The molecule has 28 heavy (non-hydrogen) atoms. The van der Waals surface area contributed by atoms with Crippen molar-refractivity contribution in [3.8, 4) is 23.0 Å². The summed E-state index contributed by atoms with van der Waals surface area (Å²) in [6, 6.07) is 15.5. The van der Waals surface area contributed by atoms with Gasteiger partial charge in [0.05, 0.1) is 0 Å². The second kappa shape index (κ2) is 11.2. The van der Waals surface area contributed by atoms with Crippen molar-refractivity contribution in [2.75, 3.05) is 39.4 Å². The van der Waals surface area contributed by atoms with Gasteiger partial charge >= 0.3 is 0 Å². The summed E-state index contributed by atoms with van der Waals surface area (Å²) in [5, 5.41) is 6.80. The summed E-state index contributed by atoms with van der Waals surface area (Å²) in [5.41, 5.74) is 0. The molecule has 2 aromatic rings. The molecule has 0 saturated carbocycles. The summed E-state index contributed by atoms with van der Waals surface area (Å²) in [4.78, 5) is 0. The van der Waals surface area contributed by atoms with Crippen molar-refractivity contribution in [1.29, 1.82) is 0 Å². The molecule has 0 bridgehead atoms. The number of fused-ring (bicyclic) bond motifs is 2. The average molecular weight is 429 g/mol. The number of nitrogens with one attached hydrogen (secondary N) is 2. The third-order valence-corrected chi connectivity index (χ3v) is 4.36. The first kappa shape index (κ1) is 22.4. The number of benzene rings is 2. The van der Waals surface area contributed by atoms with Gasteiger partial charge in [-0.2, -0.15) is 0 Å². The summed E-state index contributed by atoms with van der Waals surface area (Å²) < 4.78 is 23.3. The Morgan fingerprint density at radius 2 is 1.04 bits per heavy atom. The van der Waals surface area contributed by atoms with Crippen LogP contribution in [0.1, 0.15) is 0 Å².